The first-order valence-electron chi connectivity index (χ1n) is 12.4. The largest absolute Gasteiger partial charge is 0.466 e. The second-order valence-corrected chi connectivity index (χ2v) is 8.84. The maximum absolute atomic E-state index is 16.2. The van der Waals surface area contributed by atoms with Gasteiger partial charge in [0.2, 0.25) is 0 Å². The molecule has 4 rings (SSSR count). The molecule has 0 aliphatic rings. The van der Waals surface area contributed by atoms with E-state index in [2.05, 4.69) is 36.1 Å². The fourth-order valence-corrected chi connectivity index (χ4v) is 4.67. The molecule has 0 fully saturated rings. The first kappa shape index (κ1) is 25.3. The Balaban J connectivity index is 1.83. The maximum atomic E-state index is 16.2. The third kappa shape index (κ3) is 6.07. The van der Waals surface area contributed by atoms with Crippen molar-refractivity contribution in [3.05, 3.63) is 132 Å². The van der Waals surface area contributed by atoms with Gasteiger partial charge >= 0.3 is 5.97 Å². The molecule has 0 amide bonds. The van der Waals surface area contributed by atoms with Crippen molar-refractivity contribution in [2.45, 2.75) is 38.9 Å². The number of ether oxygens (including phenoxy) is 1. The molecule has 36 heavy (non-hydrogen) atoms. The number of nitrogens with zero attached hydrogens (tertiary/aromatic N) is 1. The van der Waals surface area contributed by atoms with Crippen LogP contribution in [-0.2, 0) is 16.1 Å². The van der Waals surface area contributed by atoms with Crippen LogP contribution in [0.5, 0.6) is 0 Å². The van der Waals surface area contributed by atoms with Crippen molar-refractivity contribution in [3.63, 3.8) is 0 Å². The van der Waals surface area contributed by atoms with Crippen LogP contribution in [0.15, 0.2) is 109 Å². The quantitative estimate of drug-likeness (QED) is 0.217. The molecule has 0 aromatic heterocycles. The molecule has 0 radical (unpaired) electrons. The molecule has 0 bridgehead atoms. The van der Waals surface area contributed by atoms with Gasteiger partial charge in [-0.25, -0.2) is 4.39 Å². The number of benzene rings is 4. The summed E-state index contributed by atoms with van der Waals surface area (Å²) in [6, 6.07) is 34.6. The van der Waals surface area contributed by atoms with Crippen molar-refractivity contribution in [1.82, 2.24) is 4.90 Å². The molecule has 0 saturated heterocycles. The van der Waals surface area contributed by atoms with Crippen LogP contribution in [0.1, 0.15) is 49.0 Å². The number of esters is 1. The van der Waals surface area contributed by atoms with Crippen molar-refractivity contribution < 1.29 is 13.9 Å². The van der Waals surface area contributed by atoms with Gasteiger partial charge in [0.05, 0.1) is 13.0 Å². The summed E-state index contributed by atoms with van der Waals surface area (Å²) in [5.41, 5.74) is 4.00. The fraction of sp³-hybridized carbons (Fsp3) is 0.219. The van der Waals surface area contributed by atoms with E-state index in [9.17, 15) is 4.79 Å². The van der Waals surface area contributed by atoms with E-state index in [1.807, 2.05) is 72.8 Å². The molecule has 2 atom stereocenters. The van der Waals surface area contributed by atoms with Gasteiger partial charge in [0.25, 0.3) is 0 Å². The average Bonchev–Trinajstić information content (AvgIpc) is 2.92. The molecule has 0 spiro atoms. The van der Waals surface area contributed by atoms with Gasteiger partial charge in [-0.05, 0) is 30.5 Å². The van der Waals surface area contributed by atoms with Crippen LogP contribution in [0, 0.1) is 5.82 Å². The highest BCUT2D eigenvalue weighted by Gasteiger charge is 2.31. The Hall–Kier alpha value is -3.76. The highest BCUT2D eigenvalue weighted by molar-refractivity contribution is 5.71. The number of hydrogen-bond acceptors (Lipinski definition) is 3. The first-order valence-corrected chi connectivity index (χ1v) is 12.4. The number of rotatable bonds is 10. The van der Waals surface area contributed by atoms with Crippen LogP contribution in [-0.4, -0.2) is 17.5 Å². The van der Waals surface area contributed by atoms with Crippen LogP contribution in [0.2, 0.25) is 0 Å². The lowest BCUT2D eigenvalue weighted by Crippen LogP contribution is -2.33. The molecule has 4 heteroatoms. The summed E-state index contributed by atoms with van der Waals surface area (Å²) < 4.78 is 21.6. The fourth-order valence-electron chi connectivity index (χ4n) is 4.67. The Kier molecular flexibility index (Phi) is 8.64. The van der Waals surface area contributed by atoms with E-state index < -0.39 is 6.04 Å². The van der Waals surface area contributed by atoms with Crippen molar-refractivity contribution in [2.75, 3.05) is 6.61 Å². The lowest BCUT2D eigenvalue weighted by Gasteiger charge is -2.37. The highest BCUT2D eigenvalue weighted by atomic mass is 19.1. The van der Waals surface area contributed by atoms with Crippen LogP contribution in [0.4, 0.5) is 4.39 Å². The van der Waals surface area contributed by atoms with Gasteiger partial charge in [-0.15, -0.1) is 0 Å². The second-order valence-electron chi connectivity index (χ2n) is 8.84. The average molecular weight is 482 g/mol. The molecule has 4 aromatic carbocycles. The summed E-state index contributed by atoms with van der Waals surface area (Å²) in [4.78, 5) is 15.0. The standard InChI is InChI=1S/C32H32FNO2/c1-3-36-31(35)22-30(29-21-13-20-28(32(29)33)27-18-11-6-12-19-27)34(23-25-14-7-4-8-15-25)24(2)26-16-9-5-10-17-26/h4-21,24,30H,3,22-23H2,1-2H3/t24-,30+/m1/s1. The third-order valence-corrected chi connectivity index (χ3v) is 6.53. The molecule has 3 nitrogen and oxygen atoms in total. The van der Waals surface area contributed by atoms with Crippen molar-refractivity contribution in [3.8, 4) is 11.1 Å². The first-order chi connectivity index (χ1) is 17.6. The minimum absolute atomic E-state index is 0.0486. The smallest absolute Gasteiger partial charge is 0.307 e. The van der Waals surface area contributed by atoms with Gasteiger partial charge in [-0.1, -0.05) is 109 Å². The summed E-state index contributed by atoms with van der Waals surface area (Å²) >= 11 is 0. The zero-order valence-corrected chi connectivity index (χ0v) is 20.8. The van der Waals surface area contributed by atoms with Gasteiger partial charge in [0.1, 0.15) is 5.82 Å². The lowest BCUT2D eigenvalue weighted by molar-refractivity contribution is -0.145. The summed E-state index contributed by atoms with van der Waals surface area (Å²) in [6.07, 6.45) is 0.0486. The third-order valence-electron chi connectivity index (χ3n) is 6.53. The molecular weight excluding hydrogens is 449 g/mol. The van der Waals surface area contributed by atoms with E-state index in [1.54, 1.807) is 19.1 Å². The molecule has 4 aromatic rings. The maximum Gasteiger partial charge on any atom is 0.307 e. The molecule has 184 valence electrons. The number of hydrogen-bond donors (Lipinski definition) is 0. The zero-order valence-electron chi connectivity index (χ0n) is 20.8. The Morgan fingerprint density at radius 3 is 2.08 bits per heavy atom. The number of carbonyl (C=O) groups is 1. The van der Waals surface area contributed by atoms with Crippen molar-refractivity contribution in [1.29, 1.82) is 0 Å². The van der Waals surface area contributed by atoms with E-state index in [-0.39, 0.29) is 30.9 Å². The lowest BCUT2D eigenvalue weighted by atomic mass is 9.93. The Bertz CT molecular complexity index is 1250. The molecule has 0 aliphatic carbocycles. The minimum atomic E-state index is -0.525. The summed E-state index contributed by atoms with van der Waals surface area (Å²) in [7, 11) is 0. The molecule has 0 heterocycles. The normalized spacial score (nSPS) is 12.8. The monoisotopic (exact) mass is 481 g/mol. The molecule has 0 unspecified atom stereocenters. The van der Waals surface area contributed by atoms with Gasteiger partial charge in [-0.3, -0.25) is 9.69 Å². The molecule has 0 aliphatic heterocycles. The van der Waals surface area contributed by atoms with Gasteiger partial charge in [0, 0.05) is 29.8 Å². The van der Waals surface area contributed by atoms with Gasteiger partial charge in [0.15, 0.2) is 0 Å². The van der Waals surface area contributed by atoms with Gasteiger partial charge in [-0.2, -0.15) is 0 Å². The molecule has 0 N–H and O–H groups in total. The van der Waals surface area contributed by atoms with Crippen molar-refractivity contribution in [2.24, 2.45) is 0 Å². The predicted octanol–water partition coefficient (Wildman–Crippen LogP) is 7.75. The van der Waals surface area contributed by atoms with E-state index in [0.717, 1.165) is 16.7 Å². The SMILES string of the molecule is CCOC(=O)C[C@@H](c1cccc(-c2ccccc2)c1F)N(Cc1ccccc1)[C@H](C)c1ccccc1. The van der Waals surface area contributed by atoms with Crippen molar-refractivity contribution >= 4 is 5.97 Å². The van der Waals surface area contributed by atoms with E-state index in [4.69, 9.17) is 4.74 Å². The van der Waals surface area contributed by atoms with Crippen LogP contribution < -0.4 is 0 Å². The van der Waals surface area contributed by atoms with Gasteiger partial charge < -0.3 is 4.74 Å². The van der Waals surface area contributed by atoms with Crippen LogP contribution in [0.25, 0.3) is 11.1 Å². The molecular formula is C32H32FNO2. The Morgan fingerprint density at radius 2 is 1.44 bits per heavy atom. The summed E-state index contributed by atoms with van der Waals surface area (Å²) in [5, 5.41) is 0. The zero-order chi connectivity index (χ0) is 25.3. The molecule has 0 saturated carbocycles. The predicted molar refractivity (Wildman–Crippen MR) is 143 cm³/mol. The van der Waals surface area contributed by atoms with E-state index in [1.165, 1.54) is 0 Å². The van der Waals surface area contributed by atoms with Crippen LogP contribution in [0.3, 0.4) is 0 Å². The second kappa shape index (κ2) is 12.3. The number of carbonyl (C=O) groups excluding carboxylic acids is 1. The topological polar surface area (TPSA) is 29.5 Å². The van der Waals surface area contributed by atoms with E-state index >= 15 is 4.39 Å². The Labute approximate surface area is 213 Å². The number of halogens is 1. The summed E-state index contributed by atoms with van der Waals surface area (Å²) in [5.74, 6) is -0.651. The van der Waals surface area contributed by atoms with Crippen LogP contribution >= 0.6 is 0 Å². The minimum Gasteiger partial charge on any atom is -0.466 e. The highest BCUT2D eigenvalue weighted by Crippen LogP contribution is 2.38. The summed E-state index contributed by atoms with van der Waals surface area (Å²) in [6.45, 7) is 4.73. The Morgan fingerprint density at radius 1 is 0.833 bits per heavy atom. The van der Waals surface area contributed by atoms with E-state index in [0.29, 0.717) is 17.7 Å².